The van der Waals surface area contributed by atoms with Crippen LogP contribution in [-0.4, -0.2) is 0 Å². The van der Waals surface area contributed by atoms with Gasteiger partial charge < -0.3 is 14.2 Å². The minimum absolute atomic E-state index is 0.571. The van der Waals surface area contributed by atoms with E-state index in [1.165, 1.54) is 98.2 Å². The van der Waals surface area contributed by atoms with Gasteiger partial charge >= 0.3 is 0 Å². The number of anilines is 6. The lowest BCUT2D eigenvalue weighted by Crippen LogP contribution is -2.29. The summed E-state index contributed by atoms with van der Waals surface area (Å²) >= 11 is 0. The highest BCUT2D eigenvalue weighted by Crippen LogP contribution is 2.58. The van der Waals surface area contributed by atoms with E-state index in [4.69, 9.17) is 4.42 Å². The molecule has 4 aliphatic carbocycles. The van der Waals surface area contributed by atoms with E-state index < -0.39 is 0 Å². The molecular formula is C61H46N2O. The number of nitrogens with zero attached hydrogens (tertiary/aromatic N) is 2. The Morgan fingerprint density at radius 2 is 0.859 bits per heavy atom. The Balaban J connectivity index is 1.03. The Hall–Kier alpha value is -7.36. The molecule has 306 valence electrons. The first kappa shape index (κ1) is 36.2. The van der Waals surface area contributed by atoms with Crippen molar-refractivity contribution in [2.75, 3.05) is 9.80 Å². The van der Waals surface area contributed by atoms with Gasteiger partial charge in [-0.1, -0.05) is 133 Å². The summed E-state index contributed by atoms with van der Waals surface area (Å²) in [5.41, 5.74) is 14.7. The summed E-state index contributed by atoms with van der Waals surface area (Å²) in [6.07, 6.45) is 6.65. The molecule has 15 rings (SSSR count). The van der Waals surface area contributed by atoms with Gasteiger partial charge in [-0.2, -0.15) is 0 Å². The largest absolute Gasteiger partial charge is 0.456 e. The van der Waals surface area contributed by atoms with Crippen LogP contribution in [0.15, 0.2) is 199 Å². The third-order valence-corrected chi connectivity index (χ3v) is 15.3. The molecule has 2 unspecified atom stereocenters. The first-order valence-corrected chi connectivity index (χ1v) is 23.3. The molecule has 2 saturated carbocycles. The highest BCUT2D eigenvalue weighted by atomic mass is 16.3. The zero-order valence-electron chi connectivity index (χ0n) is 35.6. The Morgan fingerprint density at radius 1 is 0.344 bits per heavy atom. The van der Waals surface area contributed by atoms with Gasteiger partial charge in [0.1, 0.15) is 11.2 Å². The van der Waals surface area contributed by atoms with Gasteiger partial charge in [0.2, 0.25) is 0 Å². The van der Waals surface area contributed by atoms with Crippen LogP contribution in [-0.2, 0) is 0 Å². The summed E-state index contributed by atoms with van der Waals surface area (Å²) in [4.78, 5) is 5.03. The van der Waals surface area contributed by atoms with Crippen molar-refractivity contribution in [3.8, 4) is 11.1 Å². The van der Waals surface area contributed by atoms with Gasteiger partial charge in [0, 0.05) is 33.1 Å². The molecule has 1 aromatic heterocycles. The van der Waals surface area contributed by atoms with Crippen LogP contribution in [0, 0.1) is 11.8 Å². The van der Waals surface area contributed by atoms with Crippen molar-refractivity contribution in [2.24, 2.45) is 11.8 Å². The van der Waals surface area contributed by atoms with E-state index in [1.807, 2.05) is 0 Å². The average molecular weight is 823 g/mol. The van der Waals surface area contributed by atoms with Gasteiger partial charge in [-0.25, -0.2) is 0 Å². The normalized spacial score (nSPS) is 18.9. The SMILES string of the molecule is c1ccc(N(c2cccc3c2-c2ccccc2C2CC4CC(C2)CC3C4)c2ccc3ccc4c(N(c5ccccc5)c5cccc6oc7ccccc7c56)ccc5ccc2c3c54)cc1. The summed E-state index contributed by atoms with van der Waals surface area (Å²) in [5, 5.41) is 9.76. The highest BCUT2D eigenvalue weighted by molar-refractivity contribution is 6.28. The molecule has 3 heteroatoms. The van der Waals surface area contributed by atoms with Crippen LogP contribution >= 0.6 is 0 Å². The fourth-order valence-corrected chi connectivity index (χ4v) is 12.9. The summed E-state index contributed by atoms with van der Waals surface area (Å²) in [6, 6.07) is 72.3. The quantitative estimate of drug-likeness (QED) is 0.156. The monoisotopic (exact) mass is 822 g/mol. The van der Waals surface area contributed by atoms with E-state index in [0.29, 0.717) is 11.8 Å². The van der Waals surface area contributed by atoms with Gasteiger partial charge in [-0.3, -0.25) is 0 Å². The van der Waals surface area contributed by atoms with E-state index in [9.17, 15) is 0 Å². The zero-order valence-corrected chi connectivity index (χ0v) is 35.6. The van der Waals surface area contributed by atoms with Crippen molar-refractivity contribution in [1.82, 2.24) is 0 Å². The van der Waals surface area contributed by atoms with Gasteiger partial charge in [-0.05, 0) is 155 Å². The van der Waals surface area contributed by atoms with Gasteiger partial charge in [0.15, 0.2) is 0 Å². The predicted octanol–water partition coefficient (Wildman–Crippen LogP) is 17.5. The van der Waals surface area contributed by atoms with Crippen LogP contribution < -0.4 is 9.80 Å². The Labute approximate surface area is 373 Å². The molecule has 4 bridgehead atoms. The van der Waals surface area contributed by atoms with Crippen LogP contribution in [0.5, 0.6) is 0 Å². The third kappa shape index (κ3) is 5.40. The first-order chi connectivity index (χ1) is 31.7. The molecule has 10 aromatic carbocycles. The maximum absolute atomic E-state index is 6.47. The van der Waals surface area contributed by atoms with Crippen molar-refractivity contribution in [3.63, 3.8) is 0 Å². The average Bonchev–Trinajstić information content (AvgIpc) is 3.76. The van der Waals surface area contributed by atoms with Crippen LogP contribution in [0.2, 0.25) is 0 Å². The van der Waals surface area contributed by atoms with E-state index in [2.05, 4.69) is 204 Å². The number of hydrogen-bond acceptors (Lipinski definition) is 3. The predicted molar refractivity (Wildman–Crippen MR) is 268 cm³/mol. The summed E-state index contributed by atoms with van der Waals surface area (Å²) < 4.78 is 6.47. The van der Waals surface area contributed by atoms with Crippen LogP contribution in [0.3, 0.4) is 0 Å². The molecule has 11 aromatic rings. The molecule has 1 heterocycles. The molecule has 0 radical (unpaired) electrons. The van der Waals surface area contributed by atoms with Crippen molar-refractivity contribution in [1.29, 1.82) is 0 Å². The third-order valence-electron chi connectivity index (χ3n) is 15.3. The second-order valence-electron chi connectivity index (χ2n) is 18.8. The molecule has 4 aliphatic rings. The number of benzene rings is 10. The van der Waals surface area contributed by atoms with Crippen molar-refractivity contribution in [3.05, 3.63) is 205 Å². The molecule has 0 N–H and O–H groups in total. The standard InChI is InChI=1S/C61H46N2O/c1-3-13-44(14-4-1)62(54-21-11-20-47-43-36-38-33-39(37-43)35-42(34-38)46-17-7-8-18-48(46)60(47)54)52-31-27-40-26-30-50-53(32-28-41-25-29-49(52)58(40)59(41)50)63(45-15-5-2-6-16-45)55-22-12-24-57-61(55)51-19-9-10-23-56(51)64-57/h1-32,38-39,42-43H,33-37H2. The molecule has 64 heavy (non-hydrogen) atoms. The first-order valence-electron chi connectivity index (χ1n) is 23.3. The van der Waals surface area contributed by atoms with E-state index >= 15 is 0 Å². The van der Waals surface area contributed by atoms with Gasteiger partial charge in [-0.15, -0.1) is 0 Å². The highest BCUT2D eigenvalue weighted by Gasteiger charge is 2.41. The van der Waals surface area contributed by atoms with Crippen molar-refractivity contribution < 1.29 is 4.42 Å². The van der Waals surface area contributed by atoms with Crippen molar-refractivity contribution >= 4 is 88.4 Å². The molecule has 2 atom stereocenters. The number of para-hydroxylation sites is 3. The fourth-order valence-electron chi connectivity index (χ4n) is 12.9. The molecule has 0 amide bonds. The van der Waals surface area contributed by atoms with Crippen LogP contribution in [0.25, 0.3) is 65.4 Å². The summed E-state index contributed by atoms with van der Waals surface area (Å²) in [6.45, 7) is 0. The number of hydrogen-bond donors (Lipinski definition) is 0. The van der Waals surface area contributed by atoms with Gasteiger partial charge in [0.05, 0.1) is 28.1 Å². The second kappa shape index (κ2) is 14.1. The second-order valence-corrected chi connectivity index (χ2v) is 18.8. The lowest BCUT2D eigenvalue weighted by Gasteiger charge is -2.42. The number of furan rings is 1. The number of fused-ring (bicyclic) bond motifs is 3. The van der Waals surface area contributed by atoms with Crippen LogP contribution in [0.1, 0.15) is 55.1 Å². The Kier molecular flexibility index (Phi) is 7.95. The zero-order chi connectivity index (χ0) is 41.9. The molecule has 2 fully saturated rings. The minimum atomic E-state index is 0.571. The molecule has 0 saturated heterocycles. The molecular weight excluding hydrogens is 777 g/mol. The Bertz CT molecular complexity index is 3580. The lowest BCUT2D eigenvalue weighted by molar-refractivity contribution is 0.153. The lowest BCUT2D eigenvalue weighted by atomic mass is 9.63. The minimum Gasteiger partial charge on any atom is -0.456 e. The molecule has 3 nitrogen and oxygen atoms in total. The molecule has 0 aliphatic heterocycles. The summed E-state index contributed by atoms with van der Waals surface area (Å²) in [5.74, 6) is 2.80. The van der Waals surface area contributed by atoms with Gasteiger partial charge in [0.25, 0.3) is 0 Å². The topological polar surface area (TPSA) is 19.6 Å². The van der Waals surface area contributed by atoms with E-state index in [-0.39, 0.29) is 0 Å². The Morgan fingerprint density at radius 3 is 1.55 bits per heavy atom. The van der Waals surface area contributed by atoms with Crippen molar-refractivity contribution in [2.45, 2.75) is 43.9 Å². The number of rotatable bonds is 6. The van der Waals surface area contributed by atoms with E-state index in [0.717, 1.165) is 50.8 Å². The maximum Gasteiger partial charge on any atom is 0.137 e. The maximum atomic E-state index is 6.47. The molecule has 0 spiro atoms. The summed E-state index contributed by atoms with van der Waals surface area (Å²) in [7, 11) is 0. The fraction of sp³-hybridized carbons (Fsp3) is 0.148. The van der Waals surface area contributed by atoms with E-state index in [1.54, 1.807) is 5.56 Å². The smallest absolute Gasteiger partial charge is 0.137 e. The van der Waals surface area contributed by atoms with Crippen LogP contribution in [0.4, 0.5) is 34.1 Å².